The number of ether oxygens (including phenoxy) is 3. The average Bonchev–Trinajstić information content (AvgIpc) is 3.16. The predicted molar refractivity (Wildman–Crippen MR) is 113 cm³/mol. The van der Waals surface area contributed by atoms with Gasteiger partial charge in [-0.3, -0.25) is 4.79 Å². The summed E-state index contributed by atoms with van der Waals surface area (Å²) in [7, 11) is 5.97. The first kappa shape index (κ1) is 19.8. The van der Waals surface area contributed by atoms with Crippen LogP contribution in [0.2, 0.25) is 5.02 Å². The lowest BCUT2D eigenvalue weighted by Gasteiger charge is -2.43. The van der Waals surface area contributed by atoms with Gasteiger partial charge in [0, 0.05) is 11.4 Å². The minimum absolute atomic E-state index is 0.0226. The molecule has 0 aromatic heterocycles. The number of methoxy groups -OCH3 is 1. The van der Waals surface area contributed by atoms with Crippen LogP contribution < -0.4 is 14.2 Å². The van der Waals surface area contributed by atoms with E-state index in [4.69, 9.17) is 25.8 Å². The van der Waals surface area contributed by atoms with Gasteiger partial charge in [0.25, 0.3) is 0 Å². The summed E-state index contributed by atoms with van der Waals surface area (Å²) < 4.78 is 17.7. The Morgan fingerprint density at radius 3 is 2.76 bits per heavy atom. The SMILES string of the molecule is COc1c2c(cc3c1C(CC(=O)C=Cc1ccc(Cl)cc1)[N+](C)(C)CC3)OCO2. The summed E-state index contributed by atoms with van der Waals surface area (Å²) in [6.07, 6.45) is 4.77. The second-order valence-corrected chi connectivity index (χ2v) is 8.48. The molecule has 0 N–H and O–H groups in total. The zero-order chi connectivity index (χ0) is 20.6. The number of likely N-dealkylation sites (N-methyl/N-ethyl adjacent to an activating group) is 1. The number of rotatable bonds is 5. The summed E-state index contributed by atoms with van der Waals surface area (Å²) >= 11 is 5.93. The van der Waals surface area contributed by atoms with Gasteiger partial charge in [-0.05, 0) is 35.4 Å². The Kier molecular flexibility index (Phi) is 5.28. The number of carbonyl (C=O) groups excluding carboxylic acids is 1. The molecule has 0 bridgehead atoms. The van der Waals surface area contributed by atoms with E-state index in [0.717, 1.165) is 29.8 Å². The molecule has 2 heterocycles. The second-order valence-electron chi connectivity index (χ2n) is 8.04. The molecular weight excluding hydrogens is 390 g/mol. The van der Waals surface area contributed by atoms with Gasteiger partial charge < -0.3 is 18.7 Å². The zero-order valence-corrected chi connectivity index (χ0v) is 17.7. The third-order valence-corrected chi connectivity index (χ3v) is 6.06. The van der Waals surface area contributed by atoms with Crippen LogP contribution in [-0.2, 0) is 11.2 Å². The minimum atomic E-state index is -0.0226. The van der Waals surface area contributed by atoms with Crippen molar-refractivity contribution in [2.24, 2.45) is 0 Å². The molecule has 0 spiro atoms. The van der Waals surface area contributed by atoms with Gasteiger partial charge in [-0.15, -0.1) is 0 Å². The third-order valence-electron chi connectivity index (χ3n) is 5.81. The number of allylic oxidation sites excluding steroid dienone is 1. The van der Waals surface area contributed by atoms with E-state index in [1.54, 1.807) is 13.2 Å². The maximum absolute atomic E-state index is 12.9. The Morgan fingerprint density at radius 2 is 2.03 bits per heavy atom. The highest BCUT2D eigenvalue weighted by molar-refractivity contribution is 6.30. The van der Waals surface area contributed by atoms with Gasteiger partial charge in [-0.2, -0.15) is 0 Å². The molecule has 4 rings (SSSR count). The zero-order valence-electron chi connectivity index (χ0n) is 16.9. The van der Waals surface area contributed by atoms with Crippen molar-refractivity contribution in [3.05, 3.63) is 58.1 Å². The normalized spacial score (nSPS) is 19.2. The van der Waals surface area contributed by atoms with Gasteiger partial charge in [0.2, 0.25) is 12.5 Å². The maximum Gasteiger partial charge on any atom is 0.231 e. The van der Waals surface area contributed by atoms with Gasteiger partial charge in [0.1, 0.15) is 6.04 Å². The number of hydrogen-bond acceptors (Lipinski definition) is 4. The van der Waals surface area contributed by atoms with Gasteiger partial charge in [0.05, 0.1) is 39.7 Å². The summed E-state index contributed by atoms with van der Waals surface area (Å²) in [5.41, 5.74) is 3.17. The smallest absolute Gasteiger partial charge is 0.231 e. The Bertz CT molecular complexity index is 966. The molecule has 0 saturated heterocycles. The molecule has 6 heteroatoms. The van der Waals surface area contributed by atoms with Gasteiger partial charge in [-0.25, -0.2) is 0 Å². The topological polar surface area (TPSA) is 44.8 Å². The van der Waals surface area contributed by atoms with Crippen LogP contribution in [0.4, 0.5) is 0 Å². The molecular formula is C23H25ClNO4+. The van der Waals surface area contributed by atoms with E-state index in [0.29, 0.717) is 27.4 Å². The third kappa shape index (κ3) is 3.85. The molecule has 1 unspecified atom stereocenters. The minimum Gasteiger partial charge on any atom is -0.492 e. The fraction of sp³-hybridized carbons (Fsp3) is 0.348. The summed E-state index contributed by atoms with van der Waals surface area (Å²) in [6.45, 7) is 1.13. The van der Waals surface area contributed by atoms with Crippen LogP contribution in [0.5, 0.6) is 17.2 Å². The van der Waals surface area contributed by atoms with Crippen molar-refractivity contribution in [1.29, 1.82) is 0 Å². The highest BCUT2D eigenvalue weighted by atomic mass is 35.5. The lowest BCUT2D eigenvalue weighted by atomic mass is 9.86. The van der Waals surface area contributed by atoms with E-state index in [9.17, 15) is 4.79 Å². The molecule has 1 atom stereocenters. The van der Waals surface area contributed by atoms with Crippen molar-refractivity contribution in [2.45, 2.75) is 18.9 Å². The van der Waals surface area contributed by atoms with Crippen molar-refractivity contribution in [3.63, 3.8) is 0 Å². The number of fused-ring (bicyclic) bond motifs is 2. The summed E-state index contributed by atoms with van der Waals surface area (Å²) in [4.78, 5) is 12.9. The van der Waals surface area contributed by atoms with Gasteiger partial charge >= 0.3 is 0 Å². The van der Waals surface area contributed by atoms with E-state index in [1.165, 1.54) is 5.56 Å². The fourth-order valence-corrected chi connectivity index (χ4v) is 4.26. The number of carbonyl (C=O) groups is 1. The summed E-state index contributed by atoms with van der Waals surface area (Å²) in [6, 6.07) is 9.44. The number of hydrogen-bond donors (Lipinski definition) is 0. The van der Waals surface area contributed by atoms with E-state index in [-0.39, 0.29) is 18.6 Å². The average molecular weight is 415 g/mol. The van der Waals surface area contributed by atoms with Crippen molar-refractivity contribution in [1.82, 2.24) is 0 Å². The lowest BCUT2D eigenvalue weighted by Crippen LogP contribution is -2.48. The molecule has 0 amide bonds. The maximum atomic E-state index is 12.9. The number of benzene rings is 2. The van der Waals surface area contributed by atoms with Crippen LogP contribution >= 0.6 is 11.6 Å². The molecule has 5 nitrogen and oxygen atoms in total. The fourth-order valence-electron chi connectivity index (χ4n) is 4.14. The monoisotopic (exact) mass is 414 g/mol. The van der Waals surface area contributed by atoms with Crippen molar-refractivity contribution in [2.75, 3.05) is 34.5 Å². The van der Waals surface area contributed by atoms with E-state index < -0.39 is 0 Å². The number of ketones is 1. The number of halogens is 1. The van der Waals surface area contributed by atoms with Crippen molar-refractivity contribution in [3.8, 4) is 17.2 Å². The molecule has 2 aliphatic rings. The Balaban J connectivity index is 1.65. The Morgan fingerprint density at radius 1 is 1.28 bits per heavy atom. The quantitative estimate of drug-likeness (QED) is 0.536. The molecule has 2 aromatic carbocycles. The van der Waals surface area contributed by atoms with Crippen LogP contribution in [0.15, 0.2) is 36.4 Å². The largest absolute Gasteiger partial charge is 0.492 e. The molecule has 152 valence electrons. The Hall–Kier alpha value is -2.50. The molecule has 29 heavy (non-hydrogen) atoms. The van der Waals surface area contributed by atoms with Crippen LogP contribution in [0.25, 0.3) is 6.08 Å². The van der Waals surface area contributed by atoms with E-state index in [1.807, 2.05) is 36.4 Å². The molecule has 0 radical (unpaired) electrons. The molecule has 2 aromatic rings. The Labute approximate surface area is 176 Å². The highest BCUT2D eigenvalue weighted by Crippen LogP contribution is 2.51. The number of quaternary nitrogens is 1. The second kappa shape index (κ2) is 7.73. The van der Waals surface area contributed by atoms with E-state index >= 15 is 0 Å². The molecule has 0 saturated carbocycles. The van der Waals surface area contributed by atoms with E-state index in [2.05, 4.69) is 14.1 Å². The highest BCUT2D eigenvalue weighted by Gasteiger charge is 2.41. The first-order chi connectivity index (χ1) is 13.9. The predicted octanol–water partition coefficient (Wildman–Crippen LogP) is 4.42. The van der Waals surface area contributed by atoms with Gasteiger partial charge in [0.15, 0.2) is 17.3 Å². The van der Waals surface area contributed by atoms with Crippen LogP contribution in [-0.4, -0.2) is 44.8 Å². The first-order valence-electron chi connectivity index (χ1n) is 9.67. The van der Waals surface area contributed by atoms with Gasteiger partial charge in [-0.1, -0.05) is 29.8 Å². The first-order valence-corrected chi connectivity index (χ1v) is 10.1. The summed E-state index contributed by atoms with van der Waals surface area (Å²) in [5.74, 6) is 2.13. The lowest BCUT2D eigenvalue weighted by molar-refractivity contribution is -0.922. The molecule has 2 aliphatic heterocycles. The molecule has 0 fully saturated rings. The number of nitrogens with zero attached hydrogens (tertiary/aromatic N) is 1. The van der Waals surface area contributed by atoms with Crippen LogP contribution in [0, 0.1) is 0 Å². The van der Waals surface area contributed by atoms with Crippen LogP contribution in [0.1, 0.15) is 29.2 Å². The van der Waals surface area contributed by atoms with Crippen molar-refractivity contribution >= 4 is 23.5 Å². The standard InChI is InChI=1S/C23H25ClNO4/c1-25(2)11-10-16-12-20-22(29-14-28-20)23(27-3)21(16)19(25)13-18(26)9-6-15-4-7-17(24)8-5-15/h4-9,12,19H,10-11,13-14H2,1-3H3/q+1. The van der Waals surface area contributed by atoms with Crippen molar-refractivity contribution < 1.29 is 23.5 Å². The van der Waals surface area contributed by atoms with Crippen LogP contribution in [0.3, 0.4) is 0 Å². The summed E-state index contributed by atoms with van der Waals surface area (Å²) in [5, 5.41) is 0.678. The molecule has 0 aliphatic carbocycles.